The zero-order valence-electron chi connectivity index (χ0n) is 16.7. The van der Waals surface area contributed by atoms with E-state index in [0.29, 0.717) is 13.3 Å². The van der Waals surface area contributed by atoms with Crippen LogP contribution in [0.1, 0.15) is 23.6 Å². The number of nitrogens with zero attached hydrogens (tertiary/aromatic N) is 1. The Hall–Kier alpha value is -2.16. The molecule has 0 amide bonds. The quantitative estimate of drug-likeness (QED) is 0.341. The van der Waals surface area contributed by atoms with Crippen molar-refractivity contribution in [3.63, 3.8) is 0 Å². The summed E-state index contributed by atoms with van der Waals surface area (Å²) in [6.07, 6.45) is 2.83. The molecule has 0 bridgehead atoms. The number of halogens is 1. The lowest BCUT2D eigenvalue weighted by Crippen LogP contribution is -2.38. The van der Waals surface area contributed by atoms with Crippen LogP contribution in [0.25, 0.3) is 0 Å². The van der Waals surface area contributed by atoms with Gasteiger partial charge in [-0.1, -0.05) is 18.2 Å². The summed E-state index contributed by atoms with van der Waals surface area (Å²) in [6, 6.07) is 12.6. The highest BCUT2D eigenvalue weighted by atomic mass is 127. The lowest BCUT2D eigenvalue weighted by atomic mass is 10.1. The summed E-state index contributed by atoms with van der Waals surface area (Å²) in [4.78, 5) is 4.69. The van der Waals surface area contributed by atoms with E-state index in [0.717, 1.165) is 62.2 Å². The van der Waals surface area contributed by atoms with Crippen molar-refractivity contribution < 1.29 is 14.2 Å². The molecule has 0 atom stereocenters. The van der Waals surface area contributed by atoms with Crippen LogP contribution in [0.4, 0.5) is 0 Å². The maximum absolute atomic E-state index is 5.57. The SMILES string of the molecule is CCNC(=NCCc1ccc2c(c1)OCO2)NCCc1ccc2c(c1)CCO2.I. The first-order chi connectivity index (χ1) is 13.8. The van der Waals surface area contributed by atoms with Crippen LogP contribution in [0.5, 0.6) is 17.2 Å². The number of fused-ring (bicyclic) bond motifs is 2. The van der Waals surface area contributed by atoms with Crippen molar-refractivity contribution in [2.45, 2.75) is 26.2 Å². The van der Waals surface area contributed by atoms with Gasteiger partial charge >= 0.3 is 0 Å². The Balaban J connectivity index is 0.00000240. The van der Waals surface area contributed by atoms with Crippen molar-refractivity contribution in [3.05, 3.63) is 53.1 Å². The molecule has 6 nitrogen and oxygen atoms in total. The predicted molar refractivity (Wildman–Crippen MR) is 125 cm³/mol. The molecule has 2 aliphatic rings. The zero-order valence-corrected chi connectivity index (χ0v) is 19.0. The van der Waals surface area contributed by atoms with Crippen LogP contribution < -0.4 is 24.8 Å². The van der Waals surface area contributed by atoms with Gasteiger partial charge in [-0.3, -0.25) is 4.99 Å². The molecule has 7 heteroatoms. The Morgan fingerprint density at radius 2 is 1.72 bits per heavy atom. The molecule has 0 aromatic heterocycles. The first-order valence-corrected chi connectivity index (χ1v) is 9.97. The normalized spacial score (nSPS) is 14.0. The van der Waals surface area contributed by atoms with Gasteiger partial charge in [0, 0.05) is 26.1 Å². The third kappa shape index (κ3) is 5.68. The summed E-state index contributed by atoms with van der Waals surface area (Å²) in [5.41, 5.74) is 3.85. The highest BCUT2D eigenvalue weighted by Gasteiger charge is 2.13. The van der Waals surface area contributed by atoms with Gasteiger partial charge in [0.1, 0.15) is 5.75 Å². The predicted octanol–water partition coefficient (Wildman–Crippen LogP) is 3.31. The van der Waals surface area contributed by atoms with E-state index in [1.54, 1.807) is 0 Å². The maximum atomic E-state index is 5.57. The number of hydrogen-bond donors (Lipinski definition) is 2. The van der Waals surface area contributed by atoms with Crippen LogP contribution >= 0.6 is 24.0 Å². The molecule has 0 aliphatic carbocycles. The Kier molecular flexibility index (Phi) is 7.85. The number of guanidine groups is 1. The average Bonchev–Trinajstić information content (AvgIpc) is 3.36. The number of ether oxygens (including phenoxy) is 3. The molecule has 4 rings (SSSR count). The highest BCUT2D eigenvalue weighted by Crippen LogP contribution is 2.32. The van der Waals surface area contributed by atoms with Gasteiger partial charge < -0.3 is 24.8 Å². The van der Waals surface area contributed by atoms with Crippen molar-refractivity contribution in [1.82, 2.24) is 10.6 Å². The molecule has 0 fully saturated rings. The summed E-state index contributed by atoms with van der Waals surface area (Å²) in [7, 11) is 0. The fraction of sp³-hybridized carbons (Fsp3) is 0.409. The summed E-state index contributed by atoms with van der Waals surface area (Å²) in [5, 5.41) is 6.74. The third-order valence-electron chi connectivity index (χ3n) is 4.91. The van der Waals surface area contributed by atoms with Crippen LogP contribution in [0, 0.1) is 0 Å². The molecule has 156 valence electrons. The van der Waals surface area contributed by atoms with Crippen molar-refractivity contribution >= 4 is 29.9 Å². The van der Waals surface area contributed by atoms with Crippen LogP contribution in [-0.2, 0) is 19.3 Å². The van der Waals surface area contributed by atoms with Gasteiger partial charge in [0.05, 0.1) is 6.61 Å². The molecule has 0 spiro atoms. The second kappa shape index (κ2) is 10.6. The van der Waals surface area contributed by atoms with Gasteiger partial charge in [-0.25, -0.2) is 0 Å². The van der Waals surface area contributed by atoms with E-state index in [2.05, 4.69) is 41.8 Å². The first-order valence-electron chi connectivity index (χ1n) is 9.97. The highest BCUT2D eigenvalue weighted by molar-refractivity contribution is 14.0. The topological polar surface area (TPSA) is 64.1 Å². The Bertz CT molecular complexity index is 857. The summed E-state index contributed by atoms with van der Waals surface area (Å²) in [5.74, 6) is 3.54. The molecule has 2 N–H and O–H groups in total. The molecule has 2 aromatic carbocycles. The Morgan fingerprint density at radius 1 is 0.931 bits per heavy atom. The number of hydrogen-bond acceptors (Lipinski definition) is 4. The Morgan fingerprint density at radius 3 is 2.59 bits per heavy atom. The van der Waals surface area contributed by atoms with Gasteiger partial charge in [-0.05, 0) is 54.7 Å². The van der Waals surface area contributed by atoms with Crippen LogP contribution in [0.2, 0.25) is 0 Å². The molecule has 2 aromatic rings. The zero-order chi connectivity index (χ0) is 19.2. The minimum absolute atomic E-state index is 0. The molecular formula is C22H28IN3O3. The molecular weight excluding hydrogens is 481 g/mol. The molecule has 2 aliphatic heterocycles. The number of aliphatic imine (C=N–C) groups is 1. The fourth-order valence-corrected chi connectivity index (χ4v) is 3.46. The summed E-state index contributed by atoms with van der Waals surface area (Å²) >= 11 is 0. The summed E-state index contributed by atoms with van der Waals surface area (Å²) in [6.45, 7) is 5.59. The standard InChI is InChI=1S/C22H27N3O3.HI/c1-2-23-22(24-10-7-16-3-5-19-18(13-16)9-12-26-19)25-11-8-17-4-6-20-21(14-17)28-15-27-20;/h3-6,13-14H,2,7-12,15H2,1H3,(H2,23,24,25);1H. The minimum atomic E-state index is 0. The van der Waals surface area contributed by atoms with Crippen molar-refractivity contribution in [1.29, 1.82) is 0 Å². The van der Waals surface area contributed by atoms with E-state index in [9.17, 15) is 0 Å². The molecule has 0 unspecified atom stereocenters. The van der Waals surface area contributed by atoms with Gasteiger partial charge in [-0.15, -0.1) is 24.0 Å². The van der Waals surface area contributed by atoms with Crippen molar-refractivity contribution in [2.75, 3.05) is 33.0 Å². The third-order valence-corrected chi connectivity index (χ3v) is 4.91. The van der Waals surface area contributed by atoms with E-state index in [4.69, 9.17) is 19.2 Å². The van der Waals surface area contributed by atoms with Crippen LogP contribution in [-0.4, -0.2) is 39.0 Å². The van der Waals surface area contributed by atoms with E-state index < -0.39 is 0 Å². The second-order valence-corrected chi connectivity index (χ2v) is 6.92. The number of benzene rings is 2. The van der Waals surface area contributed by atoms with E-state index in [1.165, 1.54) is 16.7 Å². The van der Waals surface area contributed by atoms with Crippen LogP contribution in [0.3, 0.4) is 0 Å². The van der Waals surface area contributed by atoms with E-state index in [1.807, 2.05) is 12.1 Å². The van der Waals surface area contributed by atoms with Crippen LogP contribution in [0.15, 0.2) is 41.4 Å². The lowest BCUT2D eigenvalue weighted by Gasteiger charge is -2.12. The Labute approximate surface area is 189 Å². The largest absolute Gasteiger partial charge is 0.493 e. The van der Waals surface area contributed by atoms with E-state index >= 15 is 0 Å². The van der Waals surface area contributed by atoms with Gasteiger partial charge in [0.25, 0.3) is 0 Å². The molecule has 0 saturated heterocycles. The molecule has 29 heavy (non-hydrogen) atoms. The summed E-state index contributed by atoms with van der Waals surface area (Å²) < 4.78 is 16.4. The average molecular weight is 509 g/mol. The van der Waals surface area contributed by atoms with Crippen molar-refractivity contribution in [2.24, 2.45) is 4.99 Å². The van der Waals surface area contributed by atoms with Gasteiger partial charge in [0.2, 0.25) is 6.79 Å². The first kappa shape index (κ1) is 21.5. The van der Waals surface area contributed by atoms with Gasteiger partial charge in [0.15, 0.2) is 17.5 Å². The number of nitrogens with one attached hydrogen (secondary N) is 2. The second-order valence-electron chi connectivity index (χ2n) is 6.92. The fourth-order valence-electron chi connectivity index (χ4n) is 3.46. The van der Waals surface area contributed by atoms with E-state index in [-0.39, 0.29) is 24.0 Å². The minimum Gasteiger partial charge on any atom is -0.493 e. The number of rotatable bonds is 7. The molecule has 2 heterocycles. The van der Waals surface area contributed by atoms with Gasteiger partial charge in [-0.2, -0.15) is 0 Å². The monoisotopic (exact) mass is 509 g/mol. The van der Waals surface area contributed by atoms with Crippen molar-refractivity contribution in [3.8, 4) is 17.2 Å². The molecule has 0 saturated carbocycles. The lowest BCUT2D eigenvalue weighted by molar-refractivity contribution is 0.174. The smallest absolute Gasteiger partial charge is 0.231 e. The molecule has 0 radical (unpaired) electrons. The maximum Gasteiger partial charge on any atom is 0.231 e.